The number of rotatable bonds is 6. The molecule has 4 rings (SSSR count). The highest BCUT2D eigenvalue weighted by atomic mass is 32.1. The second-order valence-corrected chi connectivity index (χ2v) is 7.33. The Morgan fingerprint density at radius 2 is 1.63 bits per heavy atom. The summed E-state index contributed by atoms with van der Waals surface area (Å²) >= 11 is 1.61. The molecular weight excluding hydrogens is 396 g/mol. The van der Waals surface area contributed by atoms with Gasteiger partial charge in [0.25, 0.3) is 5.91 Å². The minimum Gasteiger partial charge on any atom is -0.493 e. The summed E-state index contributed by atoms with van der Waals surface area (Å²) in [5, 5.41) is 5.92. The van der Waals surface area contributed by atoms with Gasteiger partial charge in [-0.25, -0.2) is 4.98 Å². The van der Waals surface area contributed by atoms with Gasteiger partial charge in [-0.05, 0) is 24.3 Å². The molecule has 0 bridgehead atoms. The van der Waals surface area contributed by atoms with Gasteiger partial charge >= 0.3 is 0 Å². The Bertz CT molecular complexity index is 1150. The van der Waals surface area contributed by atoms with Crippen LogP contribution in [0, 0.1) is 0 Å². The topological polar surface area (TPSA) is 60.5 Å². The molecule has 150 valence electrons. The number of amides is 1. The van der Waals surface area contributed by atoms with Gasteiger partial charge in [-0.3, -0.25) is 4.79 Å². The number of nitrogens with zero attached hydrogens (tertiary/aromatic N) is 1. The fourth-order valence-corrected chi connectivity index (χ4v) is 3.94. The van der Waals surface area contributed by atoms with Crippen LogP contribution in [0.1, 0.15) is 10.4 Å². The van der Waals surface area contributed by atoms with Crippen molar-refractivity contribution in [2.75, 3.05) is 19.5 Å². The molecule has 0 aliphatic carbocycles. The monoisotopic (exact) mass is 416 g/mol. The number of hydrogen-bond acceptors (Lipinski definition) is 5. The number of carbonyl (C=O) groups is 1. The lowest BCUT2D eigenvalue weighted by Gasteiger charge is -2.12. The number of carbonyl (C=O) groups excluding carboxylic acids is 1. The molecule has 30 heavy (non-hydrogen) atoms. The Labute approximate surface area is 178 Å². The zero-order valence-corrected chi connectivity index (χ0v) is 17.4. The maximum Gasteiger partial charge on any atom is 0.259 e. The van der Waals surface area contributed by atoms with Crippen molar-refractivity contribution in [3.05, 3.63) is 83.7 Å². The normalized spacial score (nSPS) is 10.5. The summed E-state index contributed by atoms with van der Waals surface area (Å²) < 4.78 is 10.6. The number of hydrogen-bond donors (Lipinski definition) is 1. The average molecular weight is 417 g/mol. The third-order valence-electron chi connectivity index (χ3n) is 4.61. The fraction of sp³-hybridized carbons (Fsp3) is 0.0833. The lowest BCUT2D eigenvalue weighted by Crippen LogP contribution is -2.13. The number of anilines is 1. The Hall–Kier alpha value is -3.64. The second-order valence-electron chi connectivity index (χ2n) is 6.48. The van der Waals surface area contributed by atoms with E-state index < -0.39 is 0 Å². The Kier molecular flexibility index (Phi) is 5.77. The fourth-order valence-electron chi connectivity index (χ4n) is 3.11. The lowest BCUT2D eigenvalue weighted by molar-refractivity contribution is 0.102. The first-order valence-electron chi connectivity index (χ1n) is 9.33. The van der Waals surface area contributed by atoms with Gasteiger partial charge < -0.3 is 14.8 Å². The maximum absolute atomic E-state index is 12.7. The van der Waals surface area contributed by atoms with E-state index in [-0.39, 0.29) is 5.91 Å². The van der Waals surface area contributed by atoms with E-state index in [1.165, 1.54) is 7.11 Å². The summed E-state index contributed by atoms with van der Waals surface area (Å²) in [6, 6.07) is 22.9. The molecule has 3 aromatic carbocycles. The highest BCUT2D eigenvalue weighted by Gasteiger charge is 2.16. The molecular formula is C24H20N2O3S. The zero-order chi connectivity index (χ0) is 20.9. The van der Waals surface area contributed by atoms with Crippen molar-refractivity contribution in [3.63, 3.8) is 0 Å². The maximum atomic E-state index is 12.7. The van der Waals surface area contributed by atoms with Crippen LogP contribution in [0.2, 0.25) is 0 Å². The molecule has 0 saturated carbocycles. The Morgan fingerprint density at radius 3 is 2.33 bits per heavy atom. The molecule has 6 heteroatoms. The summed E-state index contributed by atoms with van der Waals surface area (Å²) in [7, 11) is 3.06. The van der Waals surface area contributed by atoms with E-state index in [0.717, 1.165) is 21.8 Å². The summed E-state index contributed by atoms with van der Waals surface area (Å²) in [4.78, 5) is 17.5. The first-order chi connectivity index (χ1) is 14.7. The minimum absolute atomic E-state index is 0.265. The summed E-state index contributed by atoms with van der Waals surface area (Å²) in [6.45, 7) is 0. The van der Waals surface area contributed by atoms with Crippen LogP contribution >= 0.6 is 11.3 Å². The summed E-state index contributed by atoms with van der Waals surface area (Å²) in [5.74, 6) is 0.654. The number of nitrogens with one attached hydrogen (secondary N) is 1. The van der Waals surface area contributed by atoms with Gasteiger partial charge in [-0.2, -0.15) is 0 Å². The molecule has 1 N–H and O–H groups in total. The molecule has 4 aromatic rings. The third-order valence-corrected chi connectivity index (χ3v) is 5.50. The van der Waals surface area contributed by atoms with Crippen molar-refractivity contribution in [1.82, 2.24) is 4.98 Å². The highest BCUT2D eigenvalue weighted by Crippen LogP contribution is 2.32. The number of thiazole rings is 1. The van der Waals surface area contributed by atoms with Gasteiger partial charge in [0.2, 0.25) is 0 Å². The molecule has 0 spiro atoms. The molecule has 1 aromatic heterocycles. The number of methoxy groups -OCH3 is 2. The number of aromatic nitrogens is 1. The van der Waals surface area contributed by atoms with Crippen LogP contribution in [0.4, 0.5) is 5.69 Å². The standard InChI is InChI=1S/C24H20N2O3S/c1-28-21-10-6-9-19(22(21)29-2)23(27)25-18-13-11-16(12-14-18)20-15-30-24(26-20)17-7-4-3-5-8-17/h3-15H,1-2H3,(H,25,27). The minimum atomic E-state index is -0.265. The number of ether oxygens (including phenoxy) is 2. The van der Waals surface area contributed by atoms with Crippen molar-refractivity contribution in [2.45, 2.75) is 0 Å². The van der Waals surface area contributed by atoms with Gasteiger partial charge in [0, 0.05) is 22.2 Å². The van der Waals surface area contributed by atoms with E-state index in [4.69, 9.17) is 14.5 Å². The van der Waals surface area contributed by atoms with Crippen molar-refractivity contribution in [3.8, 4) is 33.3 Å². The summed E-state index contributed by atoms with van der Waals surface area (Å²) in [5.41, 5.74) is 4.10. The van der Waals surface area contributed by atoms with E-state index in [1.807, 2.05) is 60.0 Å². The molecule has 0 aliphatic heterocycles. The van der Waals surface area contributed by atoms with Crippen molar-refractivity contribution in [1.29, 1.82) is 0 Å². The van der Waals surface area contributed by atoms with E-state index in [1.54, 1.807) is 36.6 Å². The van der Waals surface area contributed by atoms with E-state index in [0.29, 0.717) is 22.7 Å². The van der Waals surface area contributed by atoms with Gasteiger partial charge in [0.05, 0.1) is 25.5 Å². The van der Waals surface area contributed by atoms with Crippen LogP contribution in [0.25, 0.3) is 21.8 Å². The zero-order valence-electron chi connectivity index (χ0n) is 16.6. The van der Waals surface area contributed by atoms with Gasteiger partial charge in [0.1, 0.15) is 5.01 Å². The molecule has 0 radical (unpaired) electrons. The van der Waals surface area contributed by atoms with Crippen LogP contribution in [0.15, 0.2) is 78.2 Å². The van der Waals surface area contributed by atoms with E-state index >= 15 is 0 Å². The SMILES string of the molecule is COc1cccc(C(=O)Nc2ccc(-c3csc(-c4ccccc4)n3)cc2)c1OC. The van der Waals surface area contributed by atoms with Gasteiger partial charge in [-0.15, -0.1) is 11.3 Å². The molecule has 0 aliphatic rings. The predicted molar refractivity (Wildman–Crippen MR) is 120 cm³/mol. The van der Waals surface area contributed by atoms with Gasteiger partial charge in [-0.1, -0.05) is 48.5 Å². The Morgan fingerprint density at radius 1 is 0.867 bits per heavy atom. The predicted octanol–water partition coefficient (Wildman–Crippen LogP) is 5.75. The van der Waals surface area contributed by atoms with E-state index in [2.05, 4.69) is 5.32 Å². The molecule has 0 unspecified atom stereocenters. The smallest absolute Gasteiger partial charge is 0.259 e. The summed E-state index contributed by atoms with van der Waals surface area (Å²) in [6.07, 6.45) is 0. The van der Waals surface area contributed by atoms with E-state index in [9.17, 15) is 4.79 Å². The van der Waals surface area contributed by atoms with Crippen LogP contribution in [0.3, 0.4) is 0 Å². The van der Waals surface area contributed by atoms with Crippen LogP contribution < -0.4 is 14.8 Å². The molecule has 1 heterocycles. The quantitative estimate of drug-likeness (QED) is 0.435. The third kappa shape index (κ3) is 4.04. The molecule has 0 atom stereocenters. The van der Waals surface area contributed by atoms with Crippen LogP contribution in [0.5, 0.6) is 11.5 Å². The first kappa shape index (κ1) is 19.7. The molecule has 1 amide bonds. The van der Waals surface area contributed by atoms with Gasteiger partial charge in [0.15, 0.2) is 11.5 Å². The lowest BCUT2D eigenvalue weighted by atomic mass is 10.1. The van der Waals surface area contributed by atoms with Crippen molar-refractivity contribution in [2.24, 2.45) is 0 Å². The number of benzene rings is 3. The highest BCUT2D eigenvalue weighted by molar-refractivity contribution is 7.13. The van der Waals surface area contributed by atoms with Crippen LogP contribution in [-0.4, -0.2) is 25.1 Å². The second kappa shape index (κ2) is 8.80. The Balaban J connectivity index is 1.51. The average Bonchev–Trinajstić information content (AvgIpc) is 3.30. The van der Waals surface area contributed by atoms with Crippen molar-refractivity contribution < 1.29 is 14.3 Å². The number of para-hydroxylation sites is 1. The largest absolute Gasteiger partial charge is 0.493 e. The first-order valence-corrected chi connectivity index (χ1v) is 10.2. The molecule has 0 saturated heterocycles. The van der Waals surface area contributed by atoms with Crippen LogP contribution in [-0.2, 0) is 0 Å². The molecule has 0 fully saturated rings. The van der Waals surface area contributed by atoms with Crippen molar-refractivity contribution >= 4 is 22.9 Å². The molecule has 5 nitrogen and oxygen atoms in total.